The molecule has 0 N–H and O–H groups in total. The molecule has 0 amide bonds. The van der Waals surface area contributed by atoms with Gasteiger partial charge in [0.1, 0.15) is 11.0 Å². The summed E-state index contributed by atoms with van der Waals surface area (Å²) in [5, 5.41) is 0. The molecule has 2 nitrogen and oxygen atoms in total. The van der Waals surface area contributed by atoms with Crippen molar-refractivity contribution in [1.29, 1.82) is 0 Å². The Morgan fingerprint density at radius 2 is 0.947 bits per heavy atom. The van der Waals surface area contributed by atoms with Crippen LogP contribution in [0.15, 0.2) is 72.8 Å². The van der Waals surface area contributed by atoms with Crippen LogP contribution >= 0.6 is 34.4 Å². The highest BCUT2D eigenvalue weighted by Gasteiger charge is 2.35. The lowest BCUT2D eigenvalue weighted by molar-refractivity contribution is 0.659. The minimum atomic E-state index is 0.142. The summed E-state index contributed by atoms with van der Waals surface area (Å²) < 4.78 is 9.08. The molecule has 0 aliphatic heterocycles. The van der Waals surface area contributed by atoms with Crippen molar-refractivity contribution in [3.05, 3.63) is 105 Å². The fourth-order valence-corrected chi connectivity index (χ4v) is 7.75. The molecule has 5 heteroatoms. The van der Waals surface area contributed by atoms with Crippen LogP contribution in [0.2, 0.25) is 0 Å². The highest BCUT2D eigenvalue weighted by molar-refractivity contribution is 7.16. The first-order chi connectivity index (χ1) is 18.2. The molecule has 190 valence electrons. The van der Waals surface area contributed by atoms with Gasteiger partial charge in [-0.3, -0.25) is 0 Å². The number of nitrogens with zero attached hydrogens (tertiary/aromatic N) is 2. The Kier molecular flexibility index (Phi) is 6.34. The first-order valence-electron chi connectivity index (χ1n) is 12.8. The van der Waals surface area contributed by atoms with Crippen molar-refractivity contribution in [2.45, 2.75) is 47.0 Å². The fourth-order valence-electron chi connectivity index (χ4n) is 5.39. The SMILES string of the molecule is Cc1ccc(-c2ccc(-c3ccc(C)s3)c3nsnc23)s1.Cc1ccc2c(c1)C(C)(C)c1cc(C)ccc1-2. The minimum absolute atomic E-state index is 0.142. The zero-order chi connectivity index (χ0) is 26.6. The number of hydrogen-bond donors (Lipinski definition) is 0. The van der Waals surface area contributed by atoms with Crippen molar-refractivity contribution >= 4 is 45.4 Å². The van der Waals surface area contributed by atoms with Crippen LogP contribution in [0.4, 0.5) is 0 Å². The smallest absolute Gasteiger partial charge is 0.114 e. The number of benzene rings is 3. The summed E-state index contributed by atoms with van der Waals surface area (Å²) in [6.07, 6.45) is 0. The first-order valence-corrected chi connectivity index (χ1v) is 15.2. The number of aryl methyl sites for hydroxylation is 4. The van der Waals surface area contributed by atoms with E-state index in [1.54, 1.807) is 22.7 Å². The van der Waals surface area contributed by atoms with Gasteiger partial charge < -0.3 is 0 Å². The van der Waals surface area contributed by atoms with E-state index in [1.165, 1.54) is 75.7 Å². The van der Waals surface area contributed by atoms with Gasteiger partial charge >= 0.3 is 0 Å². The summed E-state index contributed by atoms with van der Waals surface area (Å²) in [7, 11) is 0. The average Bonchev–Trinajstić information content (AvgIpc) is 3.67. The lowest BCUT2D eigenvalue weighted by Gasteiger charge is -2.22. The normalized spacial score (nSPS) is 13.2. The van der Waals surface area contributed by atoms with Crippen LogP contribution in [-0.4, -0.2) is 8.75 Å². The van der Waals surface area contributed by atoms with Gasteiger partial charge in [0.2, 0.25) is 0 Å². The molecule has 1 aliphatic carbocycles. The molecule has 7 rings (SSSR count). The quantitative estimate of drug-likeness (QED) is 0.214. The van der Waals surface area contributed by atoms with E-state index in [-0.39, 0.29) is 5.41 Å². The molecule has 0 atom stereocenters. The molecule has 3 aromatic heterocycles. The number of fused-ring (bicyclic) bond motifs is 4. The second kappa shape index (κ2) is 9.57. The summed E-state index contributed by atoms with van der Waals surface area (Å²) in [5.41, 5.74) is 13.0. The van der Waals surface area contributed by atoms with Crippen LogP contribution in [0, 0.1) is 27.7 Å². The Labute approximate surface area is 237 Å². The summed E-state index contributed by atoms with van der Waals surface area (Å²) in [4.78, 5) is 5.16. The summed E-state index contributed by atoms with van der Waals surface area (Å²) >= 11 is 4.90. The zero-order valence-electron chi connectivity index (χ0n) is 22.5. The van der Waals surface area contributed by atoms with Gasteiger partial charge in [-0.05, 0) is 74.2 Å². The van der Waals surface area contributed by atoms with Crippen molar-refractivity contribution in [3.8, 4) is 32.0 Å². The van der Waals surface area contributed by atoms with Gasteiger partial charge in [-0.15, -0.1) is 22.7 Å². The monoisotopic (exact) mass is 550 g/mol. The topological polar surface area (TPSA) is 25.8 Å². The molecule has 0 fully saturated rings. The van der Waals surface area contributed by atoms with Gasteiger partial charge in [-0.25, -0.2) is 0 Å². The van der Waals surface area contributed by atoms with Gasteiger partial charge in [0.15, 0.2) is 0 Å². The third-order valence-corrected chi connectivity index (χ3v) is 10.0. The van der Waals surface area contributed by atoms with E-state index in [0.717, 1.165) is 11.0 Å². The maximum Gasteiger partial charge on any atom is 0.114 e. The van der Waals surface area contributed by atoms with E-state index >= 15 is 0 Å². The van der Waals surface area contributed by atoms with Crippen molar-refractivity contribution in [2.24, 2.45) is 0 Å². The maximum absolute atomic E-state index is 4.54. The Hall–Kier alpha value is -3.12. The Balaban J connectivity index is 0.000000142. The van der Waals surface area contributed by atoms with Crippen molar-refractivity contribution in [3.63, 3.8) is 0 Å². The van der Waals surface area contributed by atoms with E-state index in [9.17, 15) is 0 Å². The van der Waals surface area contributed by atoms with Crippen LogP contribution in [0.5, 0.6) is 0 Å². The minimum Gasteiger partial charge on any atom is -0.172 e. The highest BCUT2D eigenvalue weighted by atomic mass is 32.1. The number of rotatable bonds is 2. The lowest BCUT2D eigenvalue weighted by Crippen LogP contribution is -2.15. The standard InChI is InChI=1S/C17H18.C16H12N2S3/c1-11-5-7-13-14-8-6-12(2)10-16(14)17(3,4)15(13)9-11;1-9-3-7-13(19-9)11-5-6-12(14-8-4-10(2)20-14)16-15(11)17-21-18-16/h5-10H,1-4H3;3-8H,1-2H3. The van der Waals surface area contributed by atoms with E-state index < -0.39 is 0 Å². The molecule has 38 heavy (non-hydrogen) atoms. The molecule has 3 aromatic carbocycles. The third-order valence-electron chi connectivity index (χ3n) is 7.41. The molecule has 0 bridgehead atoms. The lowest BCUT2D eigenvalue weighted by atomic mass is 9.81. The molecule has 1 aliphatic rings. The predicted octanol–water partition coefficient (Wildman–Crippen LogP) is 10.4. The van der Waals surface area contributed by atoms with Gasteiger partial charge in [0.25, 0.3) is 0 Å². The Morgan fingerprint density at radius 1 is 0.526 bits per heavy atom. The van der Waals surface area contributed by atoms with E-state index in [0.29, 0.717) is 0 Å². The largest absolute Gasteiger partial charge is 0.172 e. The fraction of sp³-hybridized carbons (Fsp3) is 0.212. The van der Waals surface area contributed by atoms with Crippen LogP contribution in [0.25, 0.3) is 43.0 Å². The molecule has 3 heterocycles. The third kappa shape index (κ3) is 4.33. The van der Waals surface area contributed by atoms with E-state index in [4.69, 9.17) is 0 Å². The van der Waals surface area contributed by atoms with Gasteiger partial charge in [-0.2, -0.15) is 8.75 Å². The van der Waals surface area contributed by atoms with Crippen LogP contribution in [0.3, 0.4) is 0 Å². The van der Waals surface area contributed by atoms with Crippen LogP contribution in [0.1, 0.15) is 45.9 Å². The zero-order valence-corrected chi connectivity index (χ0v) is 25.0. The van der Waals surface area contributed by atoms with Crippen molar-refractivity contribution in [1.82, 2.24) is 8.75 Å². The van der Waals surface area contributed by atoms with E-state index in [2.05, 4.69) is 123 Å². The second-order valence-corrected chi connectivity index (χ2v) is 13.8. The molecular formula is C33H30N2S3. The van der Waals surface area contributed by atoms with Gasteiger partial charge in [0, 0.05) is 36.1 Å². The van der Waals surface area contributed by atoms with Gasteiger partial charge in [0.05, 0.1) is 11.7 Å². The molecule has 6 aromatic rings. The molecular weight excluding hydrogens is 521 g/mol. The summed E-state index contributed by atoms with van der Waals surface area (Å²) in [6.45, 7) is 13.3. The number of hydrogen-bond acceptors (Lipinski definition) is 5. The van der Waals surface area contributed by atoms with E-state index in [1.807, 2.05) is 0 Å². The molecule has 0 saturated heterocycles. The molecule has 0 spiro atoms. The summed E-state index contributed by atoms with van der Waals surface area (Å²) in [5.74, 6) is 0. The highest BCUT2D eigenvalue weighted by Crippen LogP contribution is 2.49. The van der Waals surface area contributed by atoms with Crippen molar-refractivity contribution in [2.75, 3.05) is 0 Å². The molecule has 0 radical (unpaired) electrons. The second-order valence-electron chi connectivity index (χ2n) is 10.7. The molecule has 0 saturated carbocycles. The maximum atomic E-state index is 4.54. The molecule has 0 unspecified atom stereocenters. The van der Waals surface area contributed by atoms with Crippen LogP contribution in [-0.2, 0) is 5.41 Å². The Morgan fingerprint density at radius 3 is 1.34 bits per heavy atom. The number of aromatic nitrogens is 2. The first kappa shape index (κ1) is 25.2. The predicted molar refractivity (Wildman–Crippen MR) is 167 cm³/mol. The van der Waals surface area contributed by atoms with Gasteiger partial charge in [-0.1, -0.05) is 73.5 Å². The average molecular weight is 551 g/mol. The Bertz CT molecular complexity index is 1670. The summed E-state index contributed by atoms with van der Waals surface area (Å²) in [6, 6.07) is 26.7. The van der Waals surface area contributed by atoms with Crippen molar-refractivity contribution < 1.29 is 0 Å². The van der Waals surface area contributed by atoms with Crippen LogP contribution < -0.4 is 0 Å². The number of thiophene rings is 2.